The van der Waals surface area contributed by atoms with Gasteiger partial charge in [0.1, 0.15) is 0 Å². The van der Waals surface area contributed by atoms with Crippen molar-refractivity contribution in [2.24, 2.45) is 5.92 Å². The van der Waals surface area contributed by atoms with E-state index in [0.717, 1.165) is 12.1 Å². The van der Waals surface area contributed by atoms with Crippen LogP contribution in [0.3, 0.4) is 0 Å². The number of rotatable bonds is 4. The van der Waals surface area contributed by atoms with Gasteiger partial charge >= 0.3 is 0 Å². The average Bonchev–Trinajstić information content (AvgIpc) is 2.25. The van der Waals surface area contributed by atoms with Crippen molar-refractivity contribution in [3.63, 3.8) is 0 Å². The van der Waals surface area contributed by atoms with Crippen LogP contribution in [0.25, 0.3) is 0 Å². The van der Waals surface area contributed by atoms with Gasteiger partial charge in [0.05, 0.1) is 5.02 Å². The molecule has 1 nitrogen and oxygen atoms in total. The second-order valence-electron chi connectivity index (χ2n) is 3.62. The van der Waals surface area contributed by atoms with E-state index in [1.807, 2.05) is 13.8 Å². The Labute approximate surface area is 98.4 Å². The second kappa shape index (κ2) is 5.39. The molecule has 0 atom stereocenters. The van der Waals surface area contributed by atoms with Gasteiger partial charge < -0.3 is 0 Å². The van der Waals surface area contributed by atoms with E-state index in [-0.39, 0.29) is 22.3 Å². The molecule has 0 heterocycles. The zero-order valence-electron chi connectivity index (χ0n) is 9.19. The highest BCUT2D eigenvalue weighted by molar-refractivity contribution is 6.34. The molecule has 0 saturated heterocycles. The standard InChI is InChI=1S/C12H13ClF2O/c1-3-7(4-2)12(16)8-5-10(14)11(15)6-9(8)13/h5-7H,3-4H2,1-2H3. The van der Waals surface area contributed by atoms with Gasteiger partial charge in [0.15, 0.2) is 17.4 Å². The van der Waals surface area contributed by atoms with Crippen LogP contribution >= 0.6 is 11.6 Å². The highest BCUT2D eigenvalue weighted by Crippen LogP contribution is 2.24. The van der Waals surface area contributed by atoms with Crippen molar-refractivity contribution < 1.29 is 13.6 Å². The van der Waals surface area contributed by atoms with Crippen molar-refractivity contribution in [3.05, 3.63) is 34.4 Å². The Hall–Kier alpha value is -0.960. The number of hydrogen-bond donors (Lipinski definition) is 0. The number of carbonyl (C=O) groups is 1. The molecule has 0 N–H and O–H groups in total. The Morgan fingerprint density at radius 3 is 2.25 bits per heavy atom. The van der Waals surface area contributed by atoms with E-state index in [0.29, 0.717) is 12.8 Å². The second-order valence-corrected chi connectivity index (χ2v) is 4.03. The van der Waals surface area contributed by atoms with Crippen molar-refractivity contribution >= 4 is 17.4 Å². The van der Waals surface area contributed by atoms with Crippen LogP contribution in [0.5, 0.6) is 0 Å². The van der Waals surface area contributed by atoms with Crippen LogP contribution in [-0.4, -0.2) is 5.78 Å². The number of Topliss-reactive ketones (excluding diaryl/α,β-unsaturated/α-hetero) is 1. The molecule has 16 heavy (non-hydrogen) atoms. The van der Waals surface area contributed by atoms with Crippen molar-refractivity contribution in [2.45, 2.75) is 26.7 Å². The quantitative estimate of drug-likeness (QED) is 0.574. The molecule has 0 unspecified atom stereocenters. The van der Waals surface area contributed by atoms with Crippen LogP contribution in [0, 0.1) is 17.6 Å². The molecular weight excluding hydrogens is 234 g/mol. The van der Waals surface area contributed by atoms with Gasteiger partial charge in [-0.2, -0.15) is 0 Å². The molecule has 0 radical (unpaired) electrons. The first-order valence-electron chi connectivity index (χ1n) is 5.20. The van der Waals surface area contributed by atoms with E-state index in [4.69, 9.17) is 11.6 Å². The summed E-state index contributed by atoms with van der Waals surface area (Å²) >= 11 is 5.73. The van der Waals surface area contributed by atoms with Gasteiger partial charge in [0, 0.05) is 11.5 Å². The molecule has 1 aromatic rings. The minimum atomic E-state index is -1.04. The minimum absolute atomic E-state index is 0.0317. The summed E-state index contributed by atoms with van der Waals surface area (Å²) in [5.74, 6) is -2.50. The van der Waals surface area contributed by atoms with Gasteiger partial charge in [-0.25, -0.2) is 8.78 Å². The van der Waals surface area contributed by atoms with Gasteiger partial charge in [0.2, 0.25) is 0 Å². The van der Waals surface area contributed by atoms with E-state index in [2.05, 4.69) is 0 Å². The lowest BCUT2D eigenvalue weighted by atomic mass is 9.93. The predicted molar refractivity (Wildman–Crippen MR) is 59.8 cm³/mol. The highest BCUT2D eigenvalue weighted by Gasteiger charge is 2.20. The number of benzene rings is 1. The van der Waals surface area contributed by atoms with E-state index < -0.39 is 11.6 Å². The zero-order valence-corrected chi connectivity index (χ0v) is 9.94. The number of halogens is 3. The van der Waals surface area contributed by atoms with Crippen molar-refractivity contribution in [2.75, 3.05) is 0 Å². The van der Waals surface area contributed by atoms with E-state index in [1.54, 1.807) is 0 Å². The summed E-state index contributed by atoms with van der Waals surface area (Å²) < 4.78 is 25.8. The molecule has 0 aliphatic rings. The molecule has 4 heteroatoms. The number of hydrogen-bond acceptors (Lipinski definition) is 1. The third kappa shape index (κ3) is 2.59. The zero-order chi connectivity index (χ0) is 12.3. The maximum atomic E-state index is 13.0. The molecule has 0 saturated carbocycles. The summed E-state index contributed by atoms with van der Waals surface area (Å²) in [4.78, 5) is 11.9. The van der Waals surface area contributed by atoms with Gasteiger partial charge in [0.25, 0.3) is 0 Å². The summed E-state index contributed by atoms with van der Waals surface area (Å²) in [6.45, 7) is 3.75. The molecular formula is C12H13ClF2O. The fraction of sp³-hybridized carbons (Fsp3) is 0.417. The molecule has 0 aliphatic heterocycles. The summed E-state index contributed by atoms with van der Waals surface area (Å²) in [5, 5.41) is -0.0317. The van der Waals surface area contributed by atoms with Crippen LogP contribution in [0.2, 0.25) is 5.02 Å². The van der Waals surface area contributed by atoms with Crippen molar-refractivity contribution in [3.8, 4) is 0 Å². The summed E-state index contributed by atoms with van der Waals surface area (Å²) in [6.07, 6.45) is 1.31. The molecule has 88 valence electrons. The summed E-state index contributed by atoms with van der Waals surface area (Å²) in [5.41, 5.74) is 0.0641. The fourth-order valence-corrected chi connectivity index (χ4v) is 1.83. The normalized spacial score (nSPS) is 10.9. The predicted octanol–water partition coefficient (Wildman–Crippen LogP) is 4.24. The van der Waals surface area contributed by atoms with Crippen LogP contribution in [-0.2, 0) is 0 Å². The van der Waals surface area contributed by atoms with E-state index in [1.165, 1.54) is 0 Å². The molecule has 0 amide bonds. The summed E-state index contributed by atoms with van der Waals surface area (Å²) in [6, 6.07) is 1.71. The lowest BCUT2D eigenvalue weighted by molar-refractivity contribution is 0.0913. The average molecular weight is 247 g/mol. The number of carbonyl (C=O) groups excluding carboxylic acids is 1. The smallest absolute Gasteiger partial charge is 0.167 e. The molecule has 0 fully saturated rings. The first-order valence-corrected chi connectivity index (χ1v) is 5.57. The van der Waals surface area contributed by atoms with Crippen LogP contribution < -0.4 is 0 Å². The Bertz CT molecular complexity index is 400. The third-order valence-electron chi connectivity index (χ3n) is 2.63. The fourth-order valence-electron chi connectivity index (χ4n) is 1.59. The van der Waals surface area contributed by atoms with E-state index in [9.17, 15) is 13.6 Å². The van der Waals surface area contributed by atoms with Gasteiger partial charge in [-0.3, -0.25) is 4.79 Å². The molecule has 1 rings (SSSR count). The Balaban J connectivity index is 3.13. The maximum Gasteiger partial charge on any atom is 0.167 e. The van der Waals surface area contributed by atoms with Crippen molar-refractivity contribution in [1.29, 1.82) is 0 Å². The van der Waals surface area contributed by atoms with Crippen LogP contribution in [0.15, 0.2) is 12.1 Å². The topological polar surface area (TPSA) is 17.1 Å². The van der Waals surface area contributed by atoms with Crippen molar-refractivity contribution in [1.82, 2.24) is 0 Å². The largest absolute Gasteiger partial charge is 0.294 e. The van der Waals surface area contributed by atoms with Crippen LogP contribution in [0.1, 0.15) is 37.0 Å². The van der Waals surface area contributed by atoms with Gasteiger partial charge in [-0.15, -0.1) is 0 Å². The van der Waals surface area contributed by atoms with Gasteiger partial charge in [-0.05, 0) is 25.0 Å². The lowest BCUT2D eigenvalue weighted by Crippen LogP contribution is -2.14. The molecule has 0 aliphatic carbocycles. The van der Waals surface area contributed by atoms with Crippen LogP contribution in [0.4, 0.5) is 8.78 Å². The SMILES string of the molecule is CCC(CC)C(=O)c1cc(F)c(F)cc1Cl. The monoisotopic (exact) mass is 246 g/mol. The van der Waals surface area contributed by atoms with E-state index >= 15 is 0 Å². The molecule has 0 aromatic heterocycles. The molecule has 0 bridgehead atoms. The number of ketones is 1. The third-order valence-corrected chi connectivity index (χ3v) is 2.94. The summed E-state index contributed by atoms with van der Waals surface area (Å²) in [7, 11) is 0. The Kier molecular flexibility index (Phi) is 4.42. The lowest BCUT2D eigenvalue weighted by Gasteiger charge is -2.12. The first-order chi connectivity index (χ1) is 7.51. The molecule has 1 aromatic carbocycles. The minimum Gasteiger partial charge on any atom is -0.294 e. The first kappa shape index (κ1) is 13.1. The molecule has 0 spiro atoms. The maximum absolute atomic E-state index is 13.0. The highest BCUT2D eigenvalue weighted by atomic mass is 35.5. The Morgan fingerprint density at radius 2 is 1.75 bits per heavy atom. The Morgan fingerprint density at radius 1 is 1.25 bits per heavy atom. The van der Waals surface area contributed by atoms with Gasteiger partial charge in [-0.1, -0.05) is 25.4 Å².